The van der Waals surface area contributed by atoms with Crippen LogP contribution in [-0.2, 0) is 9.53 Å². The normalized spacial score (nSPS) is 10.9. The number of H-pyrrole nitrogens is 1. The summed E-state index contributed by atoms with van der Waals surface area (Å²) in [6, 6.07) is 10.8. The predicted octanol–water partition coefficient (Wildman–Crippen LogP) is 2.35. The Hall–Kier alpha value is -3.86. The highest BCUT2D eigenvalue weighted by atomic mass is 16.5. The fourth-order valence-electron chi connectivity index (χ4n) is 2.40. The van der Waals surface area contributed by atoms with E-state index in [-0.39, 0.29) is 11.5 Å². The van der Waals surface area contributed by atoms with Gasteiger partial charge in [0.25, 0.3) is 5.56 Å². The third kappa shape index (κ3) is 4.35. The number of carbonyl (C=O) groups excluding carboxylic acids is 2. The van der Waals surface area contributed by atoms with Crippen molar-refractivity contribution in [3.05, 3.63) is 58.1 Å². The molecule has 1 amide bonds. The number of ether oxygens (including phenoxy) is 1. The Morgan fingerprint density at radius 3 is 2.52 bits per heavy atom. The minimum atomic E-state index is -0.570. The van der Waals surface area contributed by atoms with E-state index >= 15 is 0 Å². The van der Waals surface area contributed by atoms with E-state index < -0.39 is 11.4 Å². The van der Waals surface area contributed by atoms with Crippen molar-refractivity contribution < 1.29 is 14.3 Å². The summed E-state index contributed by atoms with van der Waals surface area (Å²) in [6.07, 6.45) is 1.31. The van der Waals surface area contributed by atoms with Crippen molar-refractivity contribution in [3.8, 4) is 12.0 Å². The van der Waals surface area contributed by atoms with Gasteiger partial charge in [-0.1, -0.05) is 20.8 Å². The molecule has 0 aliphatic carbocycles. The Morgan fingerprint density at radius 2 is 1.90 bits per heavy atom. The Morgan fingerprint density at radius 1 is 1.21 bits per heavy atom. The smallest absolute Gasteiger partial charge is 0.337 e. The van der Waals surface area contributed by atoms with Crippen molar-refractivity contribution in [2.75, 3.05) is 12.4 Å². The number of rotatable bonds is 2. The third-order valence-corrected chi connectivity index (χ3v) is 4.10. The standard InChI is InChI=1S/C21H20N4O4/c1-21(2,3)20(28)24-16-11-15-17(23-16)22-12-25(18(15)26)10-9-13-5-7-14(8-6-13)19(27)29-4/h5-8,11-12,23H,1-4H3,(H,24,28). The van der Waals surface area contributed by atoms with Crippen molar-refractivity contribution in [2.24, 2.45) is 5.41 Å². The molecular weight excluding hydrogens is 372 g/mol. The number of amides is 1. The number of fused-ring (bicyclic) bond motifs is 1. The Labute approximate surface area is 166 Å². The summed E-state index contributed by atoms with van der Waals surface area (Å²) in [7, 11) is 1.31. The average molecular weight is 392 g/mol. The van der Waals surface area contributed by atoms with Crippen molar-refractivity contribution in [1.82, 2.24) is 14.5 Å². The van der Waals surface area contributed by atoms with Crippen molar-refractivity contribution >= 4 is 28.7 Å². The largest absolute Gasteiger partial charge is 0.465 e. The maximum atomic E-state index is 12.7. The summed E-state index contributed by atoms with van der Waals surface area (Å²) in [5.41, 5.74) is 0.466. The fraction of sp³-hybridized carbons (Fsp3) is 0.238. The predicted molar refractivity (Wildman–Crippen MR) is 108 cm³/mol. The summed E-state index contributed by atoms with van der Waals surface area (Å²) >= 11 is 0. The van der Waals surface area contributed by atoms with Gasteiger partial charge in [0.05, 0.1) is 18.1 Å². The van der Waals surface area contributed by atoms with Crippen LogP contribution in [0.2, 0.25) is 0 Å². The summed E-state index contributed by atoms with van der Waals surface area (Å²) < 4.78 is 5.82. The van der Waals surface area contributed by atoms with E-state index in [0.29, 0.717) is 28.0 Å². The average Bonchev–Trinajstić information content (AvgIpc) is 3.10. The molecule has 0 aliphatic rings. The molecule has 2 aromatic heterocycles. The number of methoxy groups -OCH3 is 1. The molecule has 1 aromatic carbocycles. The van der Waals surface area contributed by atoms with Gasteiger partial charge in [-0.15, -0.1) is 0 Å². The molecule has 8 nitrogen and oxygen atoms in total. The van der Waals surface area contributed by atoms with Crippen molar-refractivity contribution in [1.29, 1.82) is 0 Å². The molecular formula is C21H20N4O4. The molecule has 0 fully saturated rings. The second kappa shape index (κ2) is 7.64. The lowest BCUT2D eigenvalue weighted by Crippen LogP contribution is -2.27. The highest BCUT2D eigenvalue weighted by molar-refractivity contribution is 5.96. The lowest BCUT2D eigenvalue weighted by molar-refractivity contribution is -0.123. The van der Waals surface area contributed by atoms with Crippen LogP contribution in [0, 0.1) is 17.4 Å². The Kier molecular flexibility index (Phi) is 5.24. The lowest BCUT2D eigenvalue weighted by Gasteiger charge is -2.16. The maximum absolute atomic E-state index is 12.7. The van der Waals surface area contributed by atoms with Gasteiger partial charge in [0.2, 0.25) is 5.91 Å². The van der Waals surface area contributed by atoms with E-state index in [1.165, 1.54) is 24.1 Å². The topological polar surface area (TPSA) is 106 Å². The first kappa shape index (κ1) is 19.9. The highest BCUT2D eigenvalue weighted by Crippen LogP contribution is 2.18. The first-order valence-electron chi connectivity index (χ1n) is 8.81. The van der Waals surface area contributed by atoms with E-state index in [9.17, 15) is 14.4 Å². The van der Waals surface area contributed by atoms with Crippen LogP contribution in [0.4, 0.5) is 5.82 Å². The summed E-state index contributed by atoms with van der Waals surface area (Å²) in [6.45, 7) is 5.39. The number of esters is 1. The van der Waals surface area contributed by atoms with Crippen LogP contribution < -0.4 is 10.9 Å². The van der Waals surface area contributed by atoms with Crippen LogP contribution in [0.25, 0.3) is 11.0 Å². The van der Waals surface area contributed by atoms with Gasteiger partial charge in [-0.25, -0.2) is 14.3 Å². The van der Waals surface area contributed by atoms with Crippen LogP contribution in [0.3, 0.4) is 0 Å². The molecule has 0 spiro atoms. The first-order valence-corrected chi connectivity index (χ1v) is 8.81. The number of hydrogen-bond acceptors (Lipinski definition) is 5. The lowest BCUT2D eigenvalue weighted by atomic mass is 9.96. The van der Waals surface area contributed by atoms with Crippen LogP contribution in [0.15, 0.2) is 41.5 Å². The minimum Gasteiger partial charge on any atom is -0.465 e. The molecule has 3 rings (SSSR count). The zero-order valence-electron chi connectivity index (χ0n) is 16.5. The molecule has 2 N–H and O–H groups in total. The van der Waals surface area contributed by atoms with Gasteiger partial charge >= 0.3 is 5.97 Å². The zero-order valence-corrected chi connectivity index (χ0v) is 16.5. The van der Waals surface area contributed by atoms with E-state index in [1.54, 1.807) is 45.0 Å². The molecule has 0 saturated carbocycles. The van der Waals surface area contributed by atoms with Gasteiger partial charge in [-0.05, 0) is 36.3 Å². The van der Waals surface area contributed by atoms with E-state index in [2.05, 4.69) is 32.0 Å². The Bertz CT molecular complexity index is 1200. The van der Waals surface area contributed by atoms with Gasteiger partial charge in [0, 0.05) is 17.0 Å². The summed E-state index contributed by atoms with van der Waals surface area (Å²) in [5.74, 6) is 2.63. The molecule has 0 bridgehead atoms. The fourth-order valence-corrected chi connectivity index (χ4v) is 2.40. The molecule has 0 unspecified atom stereocenters. The van der Waals surface area contributed by atoms with Gasteiger partial charge in [-0.3, -0.25) is 9.59 Å². The quantitative estimate of drug-likeness (QED) is 0.514. The van der Waals surface area contributed by atoms with Crippen LogP contribution in [0.1, 0.15) is 36.7 Å². The van der Waals surface area contributed by atoms with E-state index in [1.807, 2.05) is 0 Å². The van der Waals surface area contributed by atoms with Gasteiger partial charge in [0.1, 0.15) is 17.8 Å². The number of hydrogen-bond donors (Lipinski definition) is 2. The van der Waals surface area contributed by atoms with Gasteiger partial charge < -0.3 is 15.0 Å². The number of carbonyl (C=O) groups is 2. The van der Waals surface area contributed by atoms with E-state index in [0.717, 1.165) is 0 Å². The van der Waals surface area contributed by atoms with Crippen molar-refractivity contribution in [3.63, 3.8) is 0 Å². The third-order valence-electron chi connectivity index (χ3n) is 4.10. The summed E-state index contributed by atoms with van der Waals surface area (Å²) in [4.78, 5) is 43.3. The molecule has 148 valence electrons. The number of aromatic amines is 1. The SMILES string of the molecule is COC(=O)c1ccc(C#Cn2cnc3[nH]c(NC(=O)C(C)(C)C)cc3c2=O)cc1. The molecule has 8 heteroatoms. The molecule has 2 heterocycles. The number of nitrogens with one attached hydrogen (secondary N) is 2. The Balaban J connectivity index is 1.87. The first-order chi connectivity index (χ1) is 13.7. The number of nitrogens with zero attached hydrogens (tertiary/aromatic N) is 2. The second-order valence-corrected chi connectivity index (χ2v) is 7.37. The van der Waals surface area contributed by atoms with Gasteiger partial charge in [-0.2, -0.15) is 0 Å². The molecule has 0 radical (unpaired) electrons. The number of aromatic nitrogens is 3. The summed E-state index contributed by atoms with van der Waals surface area (Å²) in [5, 5.41) is 3.05. The molecule has 0 aliphatic heterocycles. The van der Waals surface area contributed by atoms with Crippen LogP contribution in [-0.4, -0.2) is 33.5 Å². The maximum Gasteiger partial charge on any atom is 0.337 e. The second-order valence-electron chi connectivity index (χ2n) is 7.37. The molecule has 0 saturated heterocycles. The van der Waals surface area contributed by atoms with Gasteiger partial charge in [0.15, 0.2) is 0 Å². The minimum absolute atomic E-state index is 0.181. The number of anilines is 1. The molecule has 29 heavy (non-hydrogen) atoms. The number of benzene rings is 1. The van der Waals surface area contributed by atoms with Crippen LogP contribution >= 0.6 is 0 Å². The molecule has 0 atom stereocenters. The van der Waals surface area contributed by atoms with Crippen LogP contribution in [0.5, 0.6) is 0 Å². The van der Waals surface area contributed by atoms with Crippen molar-refractivity contribution in [2.45, 2.75) is 20.8 Å². The molecule has 3 aromatic rings. The zero-order chi connectivity index (χ0) is 21.2. The van der Waals surface area contributed by atoms with E-state index in [4.69, 9.17) is 0 Å². The monoisotopic (exact) mass is 392 g/mol. The highest BCUT2D eigenvalue weighted by Gasteiger charge is 2.22.